The zero-order valence-corrected chi connectivity index (χ0v) is 16.1. The number of hydrogen-bond acceptors (Lipinski definition) is 4. The zero-order chi connectivity index (χ0) is 16.5. The maximum absolute atomic E-state index is 11.3. The molecule has 5 heteroatoms. The normalized spacial score (nSPS) is 10.5. The Kier molecular flexibility index (Phi) is 16.8. The van der Waals surface area contributed by atoms with Crippen LogP contribution in [0.15, 0.2) is 0 Å². The number of carbonyl (C=O) groups is 2. The van der Waals surface area contributed by atoms with Gasteiger partial charge < -0.3 is 7.80 Å². The van der Waals surface area contributed by atoms with E-state index in [0.717, 1.165) is 12.8 Å². The standard InChI is InChI=1S/C17H31IO4/c1-2-3-4-5-6-7-8-9-10-11-12-15-21-16(19)13-14-17(20)22-18/h2-15H2,1H3. The number of rotatable bonds is 15. The van der Waals surface area contributed by atoms with Crippen LogP contribution in [0, 0.1) is 0 Å². The van der Waals surface area contributed by atoms with Gasteiger partial charge in [0.15, 0.2) is 23.0 Å². The van der Waals surface area contributed by atoms with Crippen LogP contribution in [0.4, 0.5) is 0 Å². The van der Waals surface area contributed by atoms with Crippen LogP contribution in [-0.2, 0) is 17.4 Å². The minimum atomic E-state index is -0.382. The maximum Gasteiger partial charge on any atom is 0.315 e. The molecule has 130 valence electrons. The maximum atomic E-state index is 11.3. The lowest BCUT2D eigenvalue weighted by Crippen LogP contribution is -2.08. The van der Waals surface area contributed by atoms with Crippen molar-refractivity contribution in [1.82, 2.24) is 0 Å². The Hall–Kier alpha value is -0.330. The molecule has 0 aromatic heterocycles. The van der Waals surface area contributed by atoms with Gasteiger partial charge in [-0.3, -0.25) is 9.59 Å². The smallest absolute Gasteiger partial charge is 0.315 e. The summed E-state index contributed by atoms with van der Waals surface area (Å²) in [5, 5.41) is 0. The molecule has 0 aromatic rings. The van der Waals surface area contributed by atoms with E-state index in [4.69, 9.17) is 4.74 Å². The average Bonchev–Trinajstić information content (AvgIpc) is 2.53. The molecule has 0 aliphatic rings. The van der Waals surface area contributed by atoms with Gasteiger partial charge in [0.1, 0.15) is 0 Å². The molecular weight excluding hydrogens is 395 g/mol. The number of esters is 1. The van der Waals surface area contributed by atoms with Gasteiger partial charge in [0.05, 0.1) is 19.4 Å². The van der Waals surface area contributed by atoms with Crippen LogP contribution in [0.2, 0.25) is 0 Å². The molecule has 0 amide bonds. The van der Waals surface area contributed by atoms with Crippen molar-refractivity contribution in [2.24, 2.45) is 0 Å². The van der Waals surface area contributed by atoms with Crippen LogP contribution < -0.4 is 0 Å². The predicted molar refractivity (Wildman–Crippen MR) is 96.8 cm³/mol. The van der Waals surface area contributed by atoms with Crippen LogP contribution in [0.5, 0.6) is 0 Å². The van der Waals surface area contributed by atoms with E-state index in [2.05, 4.69) is 9.99 Å². The molecule has 0 spiro atoms. The van der Waals surface area contributed by atoms with E-state index in [1.165, 1.54) is 80.8 Å². The molecule has 0 aromatic carbocycles. The molecule has 0 aliphatic carbocycles. The first-order valence-electron chi connectivity index (χ1n) is 8.67. The number of carbonyl (C=O) groups excluding carboxylic acids is 2. The molecule has 22 heavy (non-hydrogen) atoms. The van der Waals surface area contributed by atoms with Gasteiger partial charge in [-0.25, -0.2) is 0 Å². The highest BCUT2D eigenvalue weighted by molar-refractivity contribution is 14.1. The van der Waals surface area contributed by atoms with Gasteiger partial charge in [-0.15, -0.1) is 0 Å². The summed E-state index contributed by atoms with van der Waals surface area (Å²) >= 11 is 1.52. The van der Waals surface area contributed by atoms with Gasteiger partial charge in [-0.2, -0.15) is 0 Å². The summed E-state index contributed by atoms with van der Waals surface area (Å²) in [5.41, 5.74) is 0. The minimum absolute atomic E-state index is 0.0973. The van der Waals surface area contributed by atoms with Crippen molar-refractivity contribution in [2.75, 3.05) is 6.61 Å². The van der Waals surface area contributed by atoms with Gasteiger partial charge in [0, 0.05) is 0 Å². The van der Waals surface area contributed by atoms with Crippen LogP contribution in [0.3, 0.4) is 0 Å². The second-order valence-electron chi connectivity index (χ2n) is 5.71. The Morgan fingerprint density at radius 1 is 0.727 bits per heavy atom. The number of halogens is 1. The second-order valence-corrected chi connectivity index (χ2v) is 6.15. The third-order valence-corrected chi connectivity index (χ3v) is 4.12. The third kappa shape index (κ3) is 16.0. The van der Waals surface area contributed by atoms with Crippen molar-refractivity contribution in [1.29, 1.82) is 0 Å². The second kappa shape index (κ2) is 17.0. The quantitative estimate of drug-likeness (QED) is 0.197. The van der Waals surface area contributed by atoms with E-state index in [1.807, 2.05) is 0 Å². The fourth-order valence-electron chi connectivity index (χ4n) is 2.27. The number of hydrogen-bond donors (Lipinski definition) is 0. The van der Waals surface area contributed by atoms with E-state index < -0.39 is 0 Å². The fraction of sp³-hybridized carbons (Fsp3) is 0.882. The molecule has 0 bridgehead atoms. The topological polar surface area (TPSA) is 52.6 Å². The Bertz CT molecular complexity index is 282. The van der Waals surface area contributed by atoms with E-state index >= 15 is 0 Å². The molecule has 0 aliphatic heterocycles. The third-order valence-electron chi connectivity index (χ3n) is 3.63. The molecule has 0 fully saturated rings. The minimum Gasteiger partial charge on any atom is -0.466 e. The molecular formula is C17H31IO4. The van der Waals surface area contributed by atoms with E-state index in [1.54, 1.807) is 0 Å². The Balaban J connectivity index is 3.16. The molecule has 0 saturated heterocycles. The molecule has 0 N–H and O–H groups in total. The average molecular weight is 426 g/mol. The Morgan fingerprint density at radius 3 is 1.68 bits per heavy atom. The van der Waals surface area contributed by atoms with Crippen LogP contribution >= 0.6 is 23.0 Å². The summed E-state index contributed by atoms with van der Waals surface area (Å²) < 4.78 is 9.51. The van der Waals surface area contributed by atoms with E-state index in [0.29, 0.717) is 6.61 Å². The Morgan fingerprint density at radius 2 is 1.18 bits per heavy atom. The lowest BCUT2D eigenvalue weighted by molar-refractivity contribution is -0.146. The molecule has 0 unspecified atom stereocenters. The first-order chi connectivity index (χ1) is 10.7. The van der Waals surface area contributed by atoms with Crippen molar-refractivity contribution in [3.05, 3.63) is 0 Å². The van der Waals surface area contributed by atoms with Crippen molar-refractivity contribution in [2.45, 2.75) is 90.4 Å². The van der Waals surface area contributed by atoms with Crippen molar-refractivity contribution < 1.29 is 17.4 Å². The highest BCUT2D eigenvalue weighted by Crippen LogP contribution is 2.11. The molecule has 0 heterocycles. The SMILES string of the molecule is CCCCCCCCCCCCCOC(=O)CCC(=O)OI. The summed E-state index contributed by atoms with van der Waals surface area (Å²) in [6, 6.07) is 0. The highest BCUT2D eigenvalue weighted by atomic mass is 127. The van der Waals surface area contributed by atoms with Crippen molar-refractivity contribution in [3.63, 3.8) is 0 Å². The predicted octanol–water partition coefficient (Wildman–Crippen LogP) is 5.51. The van der Waals surface area contributed by atoms with E-state index in [9.17, 15) is 9.59 Å². The zero-order valence-electron chi connectivity index (χ0n) is 13.9. The number of ether oxygens (including phenoxy) is 1. The summed E-state index contributed by atoms with van der Waals surface area (Å²) in [5.74, 6) is -0.693. The van der Waals surface area contributed by atoms with Gasteiger partial charge in [-0.05, 0) is 6.42 Å². The lowest BCUT2D eigenvalue weighted by atomic mass is 10.1. The summed E-state index contributed by atoms with van der Waals surface area (Å²) in [6.45, 7) is 2.71. The summed E-state index contributed by atoms with van der Waals surface area (Å²) in [4.78, 5) is 22.2. The first kappa shape index (κ1) is 21.7. The van der Waals surface area contributed by atoms with Gasteiger partial charge in [-0.1, -0.05) is 71.1 Å². The molecule has 0 rings (SSSR count). The Labute approximate surface area is 149 Å². The van der Waals surface area contributed by atoms with Crippen molar-refractivity contribution >= 4 is 34.9 Å². The highest BCUT2D eigenvalue weighted by Gasteiger charge is 2.07. The van der Waals surface area contributed by atoms with Gasteiger partial charge in [0.25, 0.3) is 0 Å². The van der Waals surface area contributed by atoms with Crippen LogP contribution in [0.1, 0.15) is 90.4 Å². The summed E-state index contributed by atoms with van der Waals surface area (Å²) in [6.07, 6.45) is 14.2. The molecule has 0 atom stereocenters. The largest absolute Gasteiger partial charge is 0.466 e. The van der Waals surface area contributed by atoms with E-state index in [-0.39, 0.29) is 24.8 Å². The molecule has 0 radical (unpaired) electrons. The lowest BCUT2D eigenvalue weighted by Gasteiger charge is -2.04. The van der Waals surface area contributed by atoms with Crippen molar-refractivity contribution in [3.8, 4) is 0 Å². The number of unbranched alkanes of at least 4 members (excludes halogenated alkanes) is 10. The van der Waals surface area contributed by atoms with Crippen LogP contribution in [0.25, 0.3) is 0 Å². The van der Waals surface area contributed by atoms with Gasteiger partial charge in [0.2, 0.25) is 0 Å². The molecule has 4 nitrogen and oxygen atoms in total. The van der Waals surface area contributed by atoms with Crippen LogP contribution in [-0.4, -0.2) is 18.5 Å². The van der Waals surface area contributed by atoms with Gasteiger partial charge >= 0.3 is 11.9 Å². The molecule has 0 saturated carbocycles. The first-order valence-corrected chi connectivity index (χ1v) is 9.55. The monoisotopic (exact) mass is 426 g/mol. The fourth-order valence-corrected chi connectivity index (χ4v) is 2.49. The summed E-state index contributed by atoms with van der Waals surface area (Å²) in [7, 11) is 0.